The largest absolute Gasteiger partial charge is 0.383 e. The Morgan fingerprint density at radius 2 is 2.26 bits per heavy atom. The van der Waals surface area contributed by atoms with E-state index in [0.717, 1.165) is 18.0 Å². The lowest BCUT2D eigenvalue weighted by molar-refractivity contribution is 0.0634. The molecule has 1 aromatic rings. The number of guanidine groups is 1. The predicted molar refractivity (Wildman–Crippen MR) is 88.2 cm³/mol. The second-order valence-corrected chi connectivity index (χ2v) is 5.47. The summed E-state index contributed by atoms with van der Waals surface area (Å²) in [5.74, 6) is 0.482. The number of morpholine rings is 1. The number of ether oxygens (including phenoxy) is 1. The van der Waals surface area contributed by atoms with Crippen LogP contribution in [0.25, 0.3) is 0 Å². The van der Waals surface area contributed by atoms with E-state index in [1.807, 2.05) is 22.4 Å². The number of nitrogens with zero attached hydrogens (tertiary/aromatic N) is 2. The lowest BCUT2D eigenvalue weighted by atomic mass is 10.1. The van der Waals surface area contributed by atoms with Crippen molar-refractivity contribution >= 4 is 41.3 Å². The summed E-state index contributed by atoms with van der Waals surface area (Å²) in [5.41, 5.74) is 4.97. The molecular weight excluding hydrogens is 377 g/mol. The number of hydrogen-bond acceptors (Lipinski definition) is 4. The third-order valence-corrected chi connectivity index (χ3v) is 4.06. The fraction of sp³-hybridized carbons (Fsp3) is 0.583. The monoisotopic (exact) mass is 397 g/mol. The molecule has 0 aromatic carbocycles. The van der Waals surface area contributed by atoms with Crippen molar-refractivity contribution in [3.8, 4) is 0 Å². The van der Waals surface area contributed by atoms with Gasteiger partial charge in [-0.05, 0) is 18.4 Å². The van der Waals surface area contributed by atoms with Crippen molar-refractivity contribution in [2.75, 3.05) is 32.8 Å². The second-order valence-electron chi connectivity index (χ2n) is 4.53. The minimum absolute atomic E-state index is 0. The maximum absolute atomic E-state index is 10.3. The summed E-state index contributed by atoms with van der Waals surface area (Å²) in [6, 6.07) is 3.83. The highest BCUT2D eigenvalue weighted by Gasteiger charge is 2.24. The molecule has 1 atom stereocenters. The molecule has 3 N–H and O–H groups in total. The van der Waals surface area contributed by atoms with Crippen LogP contribution >= 0.6 is 35.3 Å². The zero-order valence-corrected chi connectivity index (χ0v) is 14.1. The van der Waals surface area contributed by atoms with Crippen molar-refractivity contribution in [2.45, 2.75) is 12.5 Å². The molecule has 2 rings (SSSR count). The topological polar surface area (TPSA) is 71.1 Å². The minimum atomic E-state index is -0.953. The summed E-state index contributed by atoms with van der Waals surface area (Å²) in [6.45, 7) is 4.91. The van der Waals surface area contributed by atoms with Gasteiger partial charge >= 0.3 is 0 Å². The van der Waals surface area contributed by atoms with Crippen molar-refractivity contribution in [3.63, 3.8) is 0 Å². The summed E-state index contributed by atoms with van der Waals surface area (Å²) in [6.07, 6.45) is 0. The molecule has 0 spiro atoms. The van der Waals surface area contributed by atoms with Crippen LogP contribution in [-0.4, -0.2) is 48.8 Å². The van der Waals surface area contributed by atoms with Gasteiger partial charge < -0.3 is 20.5 Å². The average Bonchev–Trinajstić information content (AvgIpc) is 2.92. The van der Waals surface area contributed by atoms with Crippen molar-refractivity contribution < 1.29 is 9.84 Å². The Labute approximate surface area is 134 Å². The van der Waals surface area contributed by atoms with E-state index in [4.69, 9.17) is 10.5 Å². The summed E-state index contributed by atoms with van der Waals surface area (Å²) < 4.78 is 5.25. The van der Waals surface area contributed by atoms with Crippen LogP contribution in [-0.2, 0) is 10.3 Å². The number of aliphatic imine (C=N–C) groups is 1. The summed E-state index contributed by atoms with van der Waals surface area (Å²) in [5, 5.41) is 12.3. The summed E-state index contributed by atoms with van der Waals surface area (Å²) >= 11 is 1.52. The van der Waals surface area contributed by atoms with Crippen LogP contribution < -0.4 is 5.73 Å². The number of nitrogens with two attached hydrogens (primary N) is 1. The molecular formula is C12H20IN3O2S. The Balaban J connectivity index is 0.00000180. The van der Waals surface area contributed by atoms with Gasteiger partial charge in [-0.15, -0.1) is 35.3 Å². The number of thiophene rings is 1. The number of aliphatic hydroxyl groups is 1. The highest BCUT2D eigenvalue weighted by Crippen LogP contribution is 2.25. The zero-order valence-electron chi connectivity index (χ0n) is 10.9. The molecule has 7 heteroatoms. The number of rotatable bonds is 3. The van der Waals surface area contributed by atoms with E-state index < -0.39 is 5.60 Å². The molecule has 1 aliphatic heterocycles. The first-order chi connectivity index (χ1) is 8.59. The van der Waals surface area contributed by atoms with Crippen LogP contribution in [0.1, 0.15) is 11.8 Å². The standard InChI is InChI=1S/C12H19N3O2S.HI/c1-12(16,10-3-2-8-18-10)9-14-11(13)15-4-6-17-7-5-15;/h2-3,8,16H,4-7,9H2,1H3,(H2,13,14);1H. The molecule has 1 aromatic heterocycles. The lowest BCUT2D eigenvalue weighted by Gasteiger charge is -2.28. The highest BCUT2D eigenvalue weighted by molar-refractivity contribution is 14.0. The first kappa shape index (κ1) is 16.7. The maximum Gasteiger partial charge on any atom is 0.191 e. The van der Waals surface area contributed by atoms with Crippen LogP contribution in [0.15, 0.2) is 22.5 Å². The molecule has 1 unspecified atom stereocenters. The second kappa shape index (κ2) is 7.41. The van der Waals surface area contributed by atoms with Crippen molar-refractivity contribution in [2.24, 2.45) is 10.7 Å². The molecule has 2 heterocycles. The molecule has 19 heavy (non-hydrogen) atoms. The molecule has 0 radical (unpaired) electrons. The Morgan fingerprint density at radius 1 is 1.58 bits per heavy atom. The fourth-order valence-electron chi connectivity index (χ4n) is 1.79. The molecule has 1 fully saturated rings. The number of halogens is 1. The van der Waals surface area contributed by atoms with Crippen LogP contribution in [0.3, 0.4) is 0 Å². The van der Waals surface area contributed by atoms with Crippen LogP contribution in [0.5, 0.6) is 0 Å². The molecule has 0 amide bonds. The third kappa shape index (κ3) is 4.59. The van der Waals surface area contributed by atoms with E-state index in [9.17, 15) is 5.11 Å². The van der Waals surface area contributed by atoms with E-state index in [0.29, 0.717) is 19.2 Å². The van der Waals surface area contributed by atoms with Crippen molar-refractivity contribution in [1.29, 1.82) is 0 Å². The molecule has 0 aliphatic carbocycles. The summed E-state index contributed by atoms with van der Waals surface area (Å²) in [4.78, 5) is 7.18. The maximum atomic E-state index is 10.3. The van der Waals surface area contributed by atoms with E-state index in [1.165, 1.54) is 11.3 Å². The van der Waals surface area contributed by atoms with Crippen LogP contribution in [0.2, 0.25) is 0 Å². The quantitative estimate of drug-likeness (QED) is 0.457. The zero-order chi connectivity index (χ0) is 13.0. The van der Waals surface area contributed by atoms with E-state index in [2.05, 4.69) is 4.99 Å². The van der Waals surface area contributed by atoms with Crippen molar-refractivity contribution in [3.05, 3.63) is 22.4 Å². The number of hydrogen-bond donors (Lipinski definition) is 2. The lowest BCUT2D eigenvalue weighted by Crippen LogP contribution is -2.45. The van der Waals surface area contributed by atoms with Gasteiger partial charge in [0.15, 0.2) is 5.96 Å². The first-order valence-corrected chi connectivity index (χ1v) is 6.86. The molecule has 0 saturated carbocycles. The molecule has 5 nitrogen and oxygen atoms in total. The van der Waals surface area contributed by atoms with E-state index in [-0.39, 0.29) is 30.5 Å². The van der Waals surface area contributed by atoms with Gasteiger partial charge in [-0.3, -0.25) is 0 Å². The minimum Gasteiger partial charge on any atom is -0.383 e. The van der Waals surface area contributed by atoms with Gasteiger partial charge in [0, 0.05) is 18.0 Å². The van der Waals surface area contributed by atoms with Gasteiger partial charge in [-0.2, -0.15) is 0 Å². The van der Waals surface area contributed by atoms with E-state index >= 15 is 0 Å². The van der Waals surface area contributed by atoms with Gasteiger partial charge in [0.2, 0.25) is 0 Å². The molecule has 1 aliphatic rings. The highest BCUT2D eigenvalue weighted by atomic mass is 127. The average molecular weight is 397 g/mol. The Morgan fingerprint density at radius 3 is 2.84 bits per heavy atom. The normalized spacial score (nSPS) is 19.7. The molecule has 1 saturated heterocycles. The van der Waals surface area contributed by atoms with Crippen LogP contribution in [0, 0.1) is 0 Å². The van der Waals surface area contributed by atoms with Gasteiger partial charge in [0.25, 0.3) is 0 Å². The Hall–Kier alpha value is -0.380. The molecule has 0 bridgehead atoms. The first-order valence-electron chi connectivity index (χ1n) is 5.98. The van der Waals surface area contributed by atoms with E-state index in [1.54, 1.807) is 6.92 Å². The van der Waals surface area contributed by atoms with Gasteiger partial charge in [0.1, 0.15) is 5.60 Å². The van der Waals surface area contributed by atoms with Gasteiger partial charge in [-0.25, -0.2) is 4.99 Å². The SMILES string of the molecule is CC(O)(CN=C(N)N1CCOCC1)c1cccs1.I. The summed E-state index contributed by atoms with van der Waals surface area (Å²) in [7, 11) is 0. The third-order valence-electron chi connectivity index (χ3n) is 2.94. The van der Waals surface area contributed by atoms with Crippen LogP contribution in [0.4, 0.5) is 0 Å². The van der Waals surface area contributed by atoms with Crippen molar-refractivity contribution in [1.82, 2.24) is 4.90 Å². The van der Waals surface area contributed by atoms with Gasteiger partial charge in [-0.1, -0.05) is 6.07 Å². The predicted octanol–water partition coefficient (Wildman–Crippen LogP) is 1.22. The fourth-order valence-corrected chi connectivity index (χ4v) is 2.57. The smallest absolute Gasteiger partial charge is 0.191 e. The molecule has 108 valence electrons. The Bertz CT molecular complexity index is 403. The van der Waals surface area contributed by atoms with Gasteiger partial charge in [0.05, 0.1) is 19.8 Å². The Kier molecular flexibility index (Phi) is 6.51.